The van der Waals surface area contributed by atoms with E-state index in [0.29, 0.717) is 13.2 Å². The molecule has 94 valence electrons. The van der Waals surface area contributed by atoms with E-state index in [1.54, 1.807) is 0 Å². The molecule has 1 aliphatic carbocycles. The van der Waals surface area contributed by atoms with Gasteiger partial charge in [-0.05, 0) is 18.9 Å². The first-order valence-electron chi connectivity index (χ1n) is 6.23. The molecule has 2 aliphatic rings. The van der Waals surface area contributed by atoms with E-state index in [1.165, 1.54) is 0 Å². The summed E-state index contributed by atoms with van der Waals surface area (Å²) >= 11 is 0. The van der Waals surface area contributed by atoms with Gasteiger partial charge in [0, 0.05) is 25.1 Å². The van der Waals surface area contributed by atoms with Gasteiger partial charge in [-0.3, -0.25) is 4.68 Å². The maximum Gasteiger partial charge on any atom is 0.170 e. The highest BCUT2D eigenvalue weighted by molar-refractivity contribution is 5.03. The zero-order valence-electron chi connectivity index (χ0n) is 10.1. The molecule has 2 fully saturated rings. The van der Waals surface area contributed by atoms with Gasteiger partial charge in [-0.2, -0.15) is 5.10 Å². The highest BCUT2D eigenvalue weighted by Crippen LogP contribution is 2.40. The summed E-state index contributed by atoms with van der Waals surface area (Å²) in [4.78, 5) is 0. The lowest BCUT2D eigenvalue weighted by Crippen LogP contribution is -2.46. The molecule has 1 aromatic heterocycles. The molecular weight excluding hydrogens is 218 g/mol. The van der Waals surface area contributed by atoms with Crippen LogP contribution in [0.2, 0.25) is 0 Å². The van der Waals surface area contributed by atoms with Crippen LogP contribution in [0.5, 0.6) is 0 Å². The molecule has 17 heavy (non-hydrogen) atoms. The highest BCUT2D eigenvalue weighted by Gasteiger charge is 2.45. The van der Waals surface area contributed by atoms with Gasteiger partial charge in [0.25, 0.3) is 0 Å². The maximum atomic E-state index is 6.20. The van der Waals surface area contributed by atoms with Crippen LogP contribution in [0.1, 0.15) is 30.9 Å². The van der Waals surface area contributed by atoms with Gasteiger partial charge in [0.2, 0.25) is 0 Å². The number of aromatic nitrogens is 2. The molecule has 1 saturated carbocycles. The molecule has 0 aromatic carbocycles. The molecule has 0 radical (unpaired) electrons. The number of hydrogen-bond donors (Lipinski definition) is 1. The van der Waals surface area contributed by atoms with Crippen LogP contribution in [-0.2, 0) is 9.47 Å². The number of nitrogens with zero attached hydrogens (tertiary/aromatic N) is 2. The molecule has 2 N–H and O–H groups in total. The summed E-state index contributed by atoms with van der Waals surface area (Å²) < 4.78 is 13.5. The van der Waals surface area contributed by atoms with Crippen LogP contribution in [0.3, 0.4) is 0 Å². The quantitative estimate of drug-likeness (QED) is 0.791. The van der Waals surface area contributed by atoms with E-state index in [-0.39, 0.29) is 12.1 Å². The van der Waals surface area contributed by atoms with Crippen molar-refractivity contribution in [3.05, 3.63) is 18.0 Å². The largest absolute Gasteiger partial charge is 0.347 e. The highest BCUT2D eigenvalue weighted by atomic mass is 16.7. The van der Waals surface area contributed by atoms with Crippen molar-refractivity contribution in [3.8, 4) is 0 Å². The summed E-state index contributed by atoms with van der Waals surface area (Å²) in [7, 11) is 0. The first-order chi connectivity index (χ1) is 8.19. The molecule has 3 rings (SSSR count). The molecule has 0 amide bonds. The second-order valence-corrected chi connectivity index (χ2v) is 5.08. The van der Waals surface area contributed by atoms with Crippen molar-refractivity contribution in [1.29, 1.82) is 0 Å². The summed E-state index contributed by atoms with van der Waals surface area (Å²) in [5.74, 6) is -0.402. The predicted molar refractivity (Wildman–Crippen MR) is 62.5 cm³/mol. The predicted octanol–water partition coefficient (Wildman–Crippen LogP) is 0.987. The van der Waals surface area contributed by atoms with Crippen LogP contribution in [0.25, 0.3) is 0 Å². The van der Waals surface area contributed by atoms with Crippen molar-refractivity contribution >= 4 is 0 Å². The third-order valence-corrected chi connectivity index (χ3v) is 3.76. The summed E-state index contributed by atoms with van der Waals surface area (Å²) in [6.07, 6.45) is 6.52. The van der Waals surface area contributed by atoms with E-state index in [9.17, 15) is 0 Å². The monoisotopic (exact) mass is 237 g/mol. The third-order valence-electron chi connectivity index (χ3n) is 3.76. The summed E-state index contributed by atoms with van der Waals surface area (Å²) in [5, 5.41) is 4.37. The number of hydrogen-bond acceptors (Lipinski definition) is 4. The fourth-order valence-corrected chi connectivity index (χ4v) is 2.81. The zero-order valence-corrected chi connectivity index (χ0v) is 10.1. The molecule has 1 aliphatic heterocycles. The van der Waals surface area contributed by atoms with Gasteiger partial charge in [-0.15, -0.1) is 0 Å². The molecule has 5 heteroatoms. The van der Waals surface area contributed by atoms with E-state index < -0.39 is 5.79 Å². The van der Waals surface area contributed by atoms with Crippen LogP contribution >= 0.6 is 0 Å². The summed E-state index contributed by atoms with van der Waals surface area (Å²) in [6, 6.07) is 0.309. The molecule has 1 saturated heterocycles. The van der Waals surface area contributed by atoms with E-state index in [4.69, 9.17) is 15.2 Å². The Kier molecular flexibility index (Phi) is 2.69. The Morgan fingerprint density at radius 1 is 1.47 bits per heavy atom. The Hall–Kier alpha value is -0.910. The van der Waals surface area contributed by atoms with E-state index in [2.05, 4.69) is 5.10 Å². The first kappa shape index (κ1) is 11.2. The van der Waals surface area contributed by atoms with Crippen LogP contribution in [-0.4, -0.2) is 34.8 Å². The average molecular weight is 237 g/mol. The van der Waals surface area contributed by atoms with Crippen LogP contribution in [0, 0.1) is 6.92 Å². The van der Waals surface area contributed by atoms with Gasteiger partial charge in [-0.25, -0.2) is 0 Å². The molecule has 2 atom stereocenters. The minimum atomic E-state index is -0.402. The standard InChI is InChI=1S/C12H19N3O2/c1-9-7-14-15(8-9)11-6-12(3-2-10(11)13)16-4-5-17-12/h7-8,10-11H,2-6,13H2,1H3. The Labute approximate surface area is 101 Å². The van der Waals surface area contributed by atoms with E-state index in [0.717, 1.165) is 24.8 Å². The fourth-order valence-electron chi connectivity index (χ4n) is 2.81. The van der Waals surface area contributed by atoms with Gasteiger partial charge in [0.1, 0.15) is 0 Å². The lowest BCUT2D eigenvalue weighted by Gasteiger charge is -2.39. The lowest BCUT2D eigenvalue weighted by molar-refractivity contribution is -0.187. The fraction of sp³-hybridized carbons (Fsp3) is 0.750. The molecule has 2 heterocycles. The van der Waals surface area contributed by atoms with Crippen LogP contribution < -0.4 is 5.73 Å². The van der Waals surface area contributed by atoms with Gasteiger partial charge < -0.3 is 15.2 Å². The summed E-state index contributed by atoms with van der Waals surface area (Å²) in [5.41, 5.74) is 7.36. The first-order valence-corrected chi connectivity index (χ1v) is 6.23. The van der Waals surface area contributed by atoms with Gasteiger partial charge >= 0.3 is 0 Å². The molecule has 1 spiro atoms. The smallest absolute Gasteiger partial charge is 0.170 e. The topological polar surface area (TPSA) is 62.3 Å². The number of aryl methyl sites for hydroxylation is 1. The van der Waals surface area contributed by atoms with E-state index >= 15 is 0 Å². The van der Waals surface area contributed by atoms with Crippen molar-refractivity contribution in [2.75, 3.05) is 13.2 Å². The van der Waals surface area contributed by atoms with Crippen molar-refractivity contribution in [3.63, 3.8) is 0 Å². The molecule has 5 nitrogen and oxygen atoms in total. The summed E-state index contributed by atoms with van der Waals surface area (Å²) in [6.45, 7) is 3.43. The Bertz CT molecular complexity index is 398. The molecule has 2 unspecified atom stereocenters. The minimum absolute atomic E-state index is 0.132. The molecule has 1 aromatic rings. The number of ether oxygens (including phenoxy) is 2. The van der Waals surface area contributed by atoms with E-state index in [1.807, 2.05) is 24.0 Å². The lowest BCUT2D eigenvalue weighted by atomic mass is 9.86. The Morgan fingerprint density at radius 2 is 2.24 bits per heavy atom. The van der Waals surface area contributed by atoms with Crippen molar-refractivity contribution in [2.45, 2.75) is 44.1 Å². The van der Waals surface area contributed by atoms with Crippen molar-refractivity contribution in [1.82, 2.24) is 9.78 Å². The molecule has 0 bridgehead atoms. The number of rotatable bonds is 1. The van der Waals surface area contributed by atoms with Crippen molar-refractivity contribution in [2.24, 2.45) is 5.73 Å². The van der Waals surface area contributed by atoms with Gasteiger partial charge in [0.05, 0.1) is 25.5 Å². The van der Waals surface area contributed by atoms with Gasteiger partial charge in [-0.1, -0.05) is 0 Å². The van der Waals surface area contributed by atoms with Crippen LogP contribution in [0.4, 0.5) is 0 Å². The zero-order chi connectivity index (χ0) is 11.9. The third kappa shape index (κ3) is 1.99. The van der Waals surface area contributed by atoms with Crippen LogP contribution in [0.15, 0.2) is 12.4 Å². The molecular formula is C12H19N3O2. The Morgan fingerprint density at radius 3 is 2.88 bits per heavy atom. The SMILES string of the molecule is Cc1cnn(C2CC3(CCC2N)OCCO3)c1. The van der Waals surface area contributed by atoms with Gasteiger partial charge in [0.15, 0.2) is 5.79 Å². The Balaban J connectivity index is 1.82. The second-order valence-electron chi connectivity index (χ2n) is 5.08. The maximum absolute atomic E-state index is 6.20. The second kappa shape index (κ2) is 4.08. The minimum Gasteiger partial charge on any atom is -0.347 e. The van der Waals surface area contributed by atoms with Crippen molar-refractivity contribution < 1.29 is 9.47 Å². The number of nitrogens with two attached hydrogens (primary N) is 1. The normalized spacial score (nSPS) is 32.1. The average Bonchev–Trinajstić information content (AvgIpc) is 2.92.